The zero-order chi connectivity index (χ0) is 26.4. The standard InChI is InChI=1S/C27H38N8O2/c1-7-9-10-24-28-26(27(36-5,37-6)17-8-2)31-34(24)18-20-11-13-21(14-12-20)35-22(19(3)4)15-16-23(35)25-29-32-33-30-25/h11-16,19H,7-10,17-18H2,1-6H3,(H,29,30,32,33). The van der Waals surface area contributed by atoms with Gasteiger partial charge in [-0.2, -0.15) is 5.21 Å². The van der Waals surface area contributed by atoms with Crippen molar-refractivity contribution in [3.63, 3.8) is 0 Å². The van der Waals surface area contributed by atoms with Crippen LogP contribution in [0.5, 0.6) is 0 Å². The van der Waals surface area contributed by atoms with Crippen LogP contribution >= 0.6 is 0 Å². The molecule has 3 aromatic heterocycles. The normalized spacial score (nSPS) is 12.1. The van der Waals surface area contributed by atoms with Gasteiger partial charge in [-0.05, 0) is 47.4 Å². The molecule has 0 bridgehead atoms. The van der Waals surface area contributed by atoms with Crippen molar-refractivity contribution in [1.82, 2.24) is 40.0 Å². The third-order valence-corrected chi connectivity index (χ3v) is 6.69. The number of unbranched alkanes of at least 4 members (excludes halogenated alkanes) is 1. The number of hydrogen-bond donors (Lipinski definition) is 1. The van der Waals surface area contributed by atoms with E-state index in [2.05, 4.69) is 83.2 Å². The summed E-state index contributed by atoms with van der Waals surface area (Å²) in [6.45, 7) is 9.25. The van der Waals surface area contributed by atoms with Crippen molar-refractivity contribution < 1.29 is 9.47 Å². The minimum Gasteiger partial charge on any atom is -0.347 e. The Morgan fingerprint density at radius 2 is 1.76 bits per heavy atom. The Bertz CT molecular complexity index is 1250. The topological polar surface area (TPSA) is 109 Å². The monoisotopic (exact) mass is 506 g/mol. The Morgan fingerprint density at radius 3 is 2.35 bits per heavy atom. The molecule has 0 aliphatic carbocycles. The SMILES string of the molecule is CCCCc1nc(C(CCC)(OC)OC)nn1Cc1ccc(-n2c(-c3nn[nH]n3)ccc2C(C)C)cc1. The fourth-order valence-corrected chi connectivity index (χ4v) is 4.65. The summed E-state index contributed by atoms with van der Waals surface area (Å²) in [5, 5.41) is 19.6. The van der Waals surface area contributed by atoms with Crippen LogP contribution in [0.1, 0.15) is 82.2 Å². The third-order valence-electron chi connectivity index (χ3n) is 6.69. The molecule has 4 rings (SSSR count). The van der Waals surface area contributed by atoms with E-state index in [1.807, 2.05) is 10.7 Å². The van der Waals surface area contributed by atoms with Gasteiger partial charge in [0.2, 0.25) is 17.4 Å². The molecular formula is C27H38N8O2. The number of aromatic amines is 1. The van der Waals surface area contributed by atoms with Gasteiger partial charge in [-0.3, -0.25) is 0 Å². The molecular weight excluding hydrogens is 468 g/mol. The molecule has 1 N–H and O–H groups in total. The van der Waals surface area contributed by atoms with Gasteiger partial charge in [-0.15, -0.1) is 15.3 Å². The van der Waals surface area contributed by atoms with E-state index in [4.69, 9.17) is 19.6 Å². The minimum absolute atomic E-state index is 0.333. The third kappa shape index (κ3) is 5.50. The number of rotatable bonds is 13. The highest BCUT2D eigenvalue weighted by atomic mass is 16.7. The molecule has 0 saturated heterocycles. The first kappa shape index (κ1) is 26.7. The van der Waals surface area contributed by atoms with Gasteiger partial charge < -0.3 is 14.0 Å². The summed E-state index contributed by atoms with van der Waals surface area (Å²) < 4.78 is 15.8. The van der Waals surface area contributed by atoms with Crippen LogP contribution in [-0.4, -0.2) is 54.2 Å². The highest BCUT2D eigenvalue weighted by Gasteiger charge is 2.36. The summed E-state index contributed by atoms with van der Waals surface area (Å²) in [7, 11) is 3.31. The molecule has 0 aliphatic rings. The highest BCUT2D eigenvalue weighted by Crippen LogP contribution is 2.30. The average molecular weight is 507 g/mol. The lowest BCUT2D eigenvalue weighted by Crippen LogP contribution is -2.32. The van der Waals surface area contributed by atoms with Crippen LogP contribution in [0.25, 0.3) is 17.2 Å². The van der Waals surface area contributed by atoms with Gasteiger partial charge in [0.25, 0.3) is 0 Å². The van der Waals surface area contributed by atoms with Gasteiger partial charge in [-0.25, -0.2) is 9.67 Å². The Hall–Kier alpha value is -3.37. The highest BCUT2D eigenvalue weighted by molar-refractivity contribution is 5.57. The Kier molecular flexibility index (Phi) is 8.50. The second-order valence-electron chi connectivity index (χ2n) is 9.56. The smallest absolute Gasteiger partial charge is 0.231 e. The van der Waals surface area contributed by atoms with Gasteiger partial charge in [0.15, 0.2) is 0 Å². The predicted molar refractivity (Wildman–Crippen MR) is 141 cm³/mol. The van der Waals surface area contributed by atoms with E-state index in [-0.39, 0.29) is 0 Å². The molecule has 10 heteroatoms. The summed E-state index contributed by atoms with van der Waals surface area (Å²) in [5.41, 5.74) is 4.26. The maximum atomic E-state index is 5.79. The molecule has 3 heterocycles. The lowest BCUT2D eigenvalue weighted by Gasteiger charge is -2.27. The first-order valence-electron chi connectivity index (χ1n) is 13.1. The van der Waals surface area contributed by atoms with Gasteiger partial charge in [-0.1, -0.05) is 52.7 Å². The molecule has 0 spiro atoms. The number of aryl methyl sites for hydroxylation is 1. The average Bonchev–Trinajstić information content (AvgIpc) is 3.66. The van der Waals surface area contributed by atoms with E-state index >= 15 is 0 Å². The van der Waals surface area contributed by atoms with Crippen molar-refractivity contribution in [2.24, 2.45) is 0 Å². The van der Waals surface area contributed by atoms with Crippen LogP contribution in [0.2, 0.25) is 0 Å². The van der Waals surface area contributed by atoms with E-state index < -0.39 is 5.79 Å². The van der Waals surface area contributed by atoms with Crippen LogP contribution < -0.4 is 0 Å². The second-order valence-corrected chi connectivity index (χ2v) is 9.56. The first-order valence-corrected chi connectivity index (χ1v) is 13.1. The van der Waals surface area contributed by atoms with Crippen LogP contribution in [-0.2, 0) is 28.2 Å². The quantitative estimate of drug-likeness (QED) is 0.254. The Morgan fingerprint density at radius 1 is 1.00 bits per heavy atom. The lowest BCUT2D eigenvalue weighted by molar-refractivity contribution is -0.225. The largest absolute Gasteiger partial charge is 0.347 e. The van der Waals surface area contributed by atoms with Crippen LogP contribution in [0.3, 0.4) is 0 Å². The number of tetrazole rings is 1. The number of nitrogens with one attached hydrogen (secondary N) is 1. The van der Waals surface area contributed by atoms with Crippen LogP contribution in [0.4, 0.5) is 0 Å². The van der Waals surface area contributed by atoms with Gasteiger partial charge in [0, 0.05) is 38.4 Å². The minimum atomic E-state index is -0.932. The maximum Gasteiger partial charge on any atom is 0.231 e. The predicted octanol–water partition coefficient (Wildman–Crippen LogP) is 5.01. The lowest BCUT2D eigenvalue weighted by atomic mass is 10.1. The zero-order valence-corrected chi connectivity index (χ0v) is 22.7. The molecule has 0 aliphatic heterocycles. The molecule has 0 unspecified atom stereocenters. The fourth-order valence-electron chi connectivity index (χ4n) is 4.65. The van der Waals surface area contributed by atoms with Crippen molar-refractivity contribution in [1.29, 1.82) is 0 Å². The molecule has 10 nitrogen and oxygen atoms in total. The molecule has 4 aromatic rings. The number of aromatic nitrogens is 8. The van der Waals surface area contributed by atoms with Gasteiger partial charge in [0.1, 0.15) is 5.82 Å². The number of methoxy groups -OCH3 is 2. The van der Waals surface area contributed by atoms with Crippen LogP contribution in [0, 0.1) is 0 Å². The number of H-pyrrole nitrogens is 1. The summed E-state index contributed by atoms with van der Waals surface area (Å²) in [6, 6.07) is 12.7. The van der Waals surface area contributed by atoms with Crippen molar-refractivity contribution >= 4 is 0 Å². The van der Waals surface area contributed by atoms with Crippen molar-refractivity contribution in [3.8, 4) is 17.2 Å². The van der Waals surface area contributed by atoms with Crippen molar-refractivity contribution in [2.75, 3.05) is 14.2 Å². The van der Waals surface area contributed by atoms with E-state index in [1.54, 1.807) is 14.2 Å². The molecule has 0 amide bonds. The van der Waals surface area contributed by atoms with Gasteiger partial charge in [0.05, 0.1) is 12.2 Å². The second kappa shape index (κ2) is 11.8. The molecule has 198 valence electrons. The fraction of sp³-hybridized carbons (Fsp3) is 0.519. The number of benzene rings is 1. The van der Waals surface area contributed by atoms with E-state index in [1.165, 1.54) is 5.69 Å². The van der Waals surface area contributed by atoms with Gasteiger partial charge >= 0.3 is 0 Å². The van der Waals surface area contributed by atoms with Crippen LogP contribution in [0.15, 0.2) is 36.4 Å². The van der Waals surface area contributed by atoms with Crippen molar-refractivity contribution in [3.05, 3.63) is 59.3 Å². The van der Waals surface area contributed by atoms with E-state index in [0.717, 1.165) is 48.5 Å². The molecule has 0 atom stereocenters. The summed E-state index contributed by atoms with van der Waals surface area (Å²) in [4.78, 5) is 4.88. The molecule has 37 heavy (non-hydrogen) atoms. The molecule has 0 radical (unpaired) electrons. The molecule has 1 aromatic carbocycles. The number of hydrogen-bond acceptors (Lipinski definition) is 7. The molecule has 0 saturated carbocycles. The first-order chi connectivity index (χ1) is 18.0. The molecule has 0 fully saturated rings. The summed E-state index contributed by atoms with van der Waals surface area (Å²) >= 11 is 0. The summed E-state index contributed by atoms with van der Waals surface area (Å²) in [6.07, 6.45) is 4.56. The maximum absolute atomic E-state index is 5.79. The zero-order valence-electron chi connectivity index (χ0n) is 22.7. The Balaban J connectivity index is 1.66. The Labute approximate surface area is 218 Å². The van der Waals surface area contributed by atoms with E-state index in [9.17, 15) is 0 Å². The van der Waals surface area contributed by atoms with E-state index in [0.29, 0.717) is 30.5 Å². The summed E-state index contributed by atoms with van der Waals surface area (Å²) in [5.74, 6) is 1.50. The van der Waals surface area contributed by atoms with Crippen molar-refractivity contribution in [2.45, 2.75) is 78.0 Å². The number of nitrogens with zero attached hydrogens (tertiary/aromatic N) is 7. The number of ether oxygens (including phenoxy) is 2.